The van der Waals surface area contributed by atoms with E-state index in [0.717, 1.165) is 37.4 Å². The summed E-state index contributed by atoms with van der Waals surface area (Å²) in [5.41, 5.74) is 7.76. The molecule has 3 heteroatoms. The average molecular weight is 324 g/mol. The second-order valence-corrected chi connectivity index (χ2v) is 7.69. The minimum Gasteiger partial charge on any atom is -0.482 e. The number of ether oxygens (including phenoxy) is 1. The van der Waals surface area contributed by atoms with E-state index in [-0.39, 0.29) is 11.1 Å². The van der Waals surface area contributed by atoms with Gasteiger partial charge in [0.05, 0.1) is 0 Å². The second kappa shape index (κ2) is 6.48. The van der Waals surface area contributed by atoms with Crippen molar-refractivity contribution < 1.29 is 4.74 Å². The number of rotatable bonds is 3. The predicted octanol–water partition coefficient (Wildman–Crippen LogP) is 4.44. The molecule has 3 rings (SSSR count). The zero-order chi connectivity index (χ0) is 17.2. The third-order valence-corrected chi connectivity index (χ3v) is 5.01. The molecule has 0 radical (unpaired) electrons. The first-order valence-electron chi connectivity index (χ1n) is 8.74. The van der Waals surface area contributed by atoms with Crippen LogP contribution in [-0.2, 0) is 5.60 Å². The molecular weight excluding hydrogens is 296 g/mol. The van der Waals surface area contributed by atoms with Crippen molar-refractivity contribution in [3.05, 3.63) is 60.2 Å². The van der Waals surface area contributed by atoms with Crippen molar-refractivity contribution in [1.29, 1.82) is 0 Å². The Hall–Kier alpha value is -2.00. The Bertz CT molecular complexity index is 650. The van der Waals surface area contributed by atoms with Crippen molar-refractivity contribution in [1.82, 2.24) is 4.90 Å². The van der Waals surface area contributed by atoms with Crippen LogP contribution >= 0.6 is 0 Å². The first-order chi connectivity index (χ1) is 11.4. The highest BCUT2D eigenvalue weighted by atomic mass is 16.5. The van der Waals surface area contributed by atoms with Gasteiger partial charge in [-0.15, -0.1) is 0 Å². The zero-order valence-electron chi connectivity index (χ0n) is 15.0. The third-order valence-electron chi connectivity index (χ3n) is 5.01. The molecule has 0 aromatic heterocycles. The Kier molecular flexibility index (Phi) is 4.55. The fraction of sp³-hybridized carbons (Fsp3) is 0.429. The molecule has 0 atom stereocenters. The summed E-state index contributed by atoms with van der Waals surface area (Å²) in [6.45, 7) is 8.91. The van der Waals surface area contributed by atoms with E-state index in [2.05, 4.69) is 56.0 Å². The highest BCUT2D eigenvalue weighted by Gasteiger charge is 2.40. The monoisotopic (exact) mass is 324 g/mol. The maximum absolute atomic E-state index is 6.56. The summed E-state index contributed by atoms with van der Waals surface area (Å²) in [6, 6.07) is 18.4. The van der Waals surface area contributed by atoms with E-state index in [1.165, 1.54) is 5.56 Å². The molecule has 1 fully saturated rings. The van der Waals surface area contributed by atoms with Gasteiger partial charge < -0.3 is 10.5 Å². The van der Waals surface area contributed by atoms with Crippen LogP contribution in [0.3, 0.4) is 0 Å². The Balaban J connectivity index is 1.87. The summed E-state index contributed by atoms with van der Waals surface area (Å²) in [4.78, 5) is 2.54. The van der Waals surface area contributed by atoms with Gasteiger partial charge >= 0.3 is 0 Å². The summed E-state index contributed by atoms with van der Waals surface area (Å²) in [6.07, 6.45) is 1.97. The third kappa shape index (κ3) is 3.57. The van der Waals surface area contributed by atoms with Gasteiger partial charge in [0.15, 0.2) is 0 Å². The van der Waals surface area contributed by atoms with Gasteiger partial charge in [-0.05, 0) is 50.6 Å². The van der Waals surface area contributed by atoms with E-state index in [1.54, 1.807) is 0 Å². The first-order valence-corrected chi connectivity index (χ1v) is 8.74. The molecule has 24 heavy (non-hydrogen) atoms. The maximum Gasteiger partial charge on any atom is 0.136 e. The Morgan fingerprint density at radius 1 is 0.917 bits per heavy atom. The predicted molar refractivity (Wildman–Crippen MR) is 100 cm³/mol. The summed E-state index contributed by atoms with van der Waals surface area (Å²) in [7, 11) is 0. The number of nitrogens with zero attached hydrogens (tertiary/aromatic N) is 1. The molecule has 3 nitrogen and oxygen atoms in total. The summed E-state index contributed by atoms with van der Waals surface area (Å²) < 4.78 is 6.56. The van der Waals surface area contributed by atoms with Crippen LogP contribution in [0.2, 0.25) is 0 Å². The molecule has 2 aromatic carbocycles. The molecule has 2 N–H and O–H groups in total. The number of nitrogen functional groups attached to an aromatic ring is 1. The van der Waals surface area contributed by atoms with Crippen molar-refractivity contribution in [2.24, 2.45) is 0 Å². The highest BCUT2D eigenvalue weighted by Crippen LogP contribution is 2.39. The lowest BCUT2D eigenvalue weighted by atomic mass is 9.82. The minimum absolute atomic E-state index is 0.198. The summed E-state index contributed by atoms with van der Waals surface area (Å²) in [5.74, 6) is 0.886. The van der Waals surface area contributed by atoms with Crippen molar-refractivity contribution in [3.63, 3.8) is 0 Å². The standard InChI is InChI=1S/C21H28N2O/c1-20(2,3)23-15-13-21(14-16-23,17-7-5-4-6-8-17)24-19-11-9-18(22)10-12-19/h4-12H,13-16,22H2,1-3H3. The van der Waals surface area contributed by atoms with E-state index in [9.17, 15) is 0 Å². The number of hydrogen-bond donors (Lipinski definition) is 1. The van der Waals surface area contributed by atoms with Gasteiger partial charge in [-0.25, -0.2) is 0 Å². The largest absolute Gasteiger partial charge is 0.482 e. The van der Waals surface area contributed by atoms with Gasteiger partial charge in [0.1, 0.15) is 11.4 Å². The summed E-state index contributed by atoms with van der Waals surface area (Å²) >= 11 is 0. The van der Waals surface area contributed by atoms with Gasteiger partial charge in [-0.2, -0.15) is 0 Å². The van der Waals surface area contributed by atoms with Crippen LogP contribution in [0.5, 0.6) is 5.75 Å². The maximum atomic E-state index is 6.56. The SMILES string of the molecule is CC(C)(C)N1CCC(Oc2ccc(N)cc2)(c2ccccc2)CC1. The van der Waals surface area contributed by atoms with Crippen LogP contribution in [0.4, 0.5) is 5.69 Å². The number of piperidine rings is 1. The van der Waals surface area contributed by atoms with E-state index < -0.39 is 0 Å². The van der Waals surface area contributed by atoms with Gasteiger partial charge in [0.25, 0.3) is 0 Å². The van der Waals surface area contributed by atoms with Gasteiger partial charge in [0, 0.05) is 37.2 Å². The molecular formula is C21H28N2O. The molecule has 128 valence electrons. The molecule has 1 heterocycles. The lowest BCUT2D eigenvalue weighted by molar-refractivity contribution is -0.0271. The highest BCUT2D eigenvalue weighted by molar-refractivity contribution is 5.42. The average Bonchev–Trinajstić information content (AvgIpc) is 2.57. The number of anilines is 1. The summed E-state index contributed by atoms with van der Waals surface area (Å²) in [5, 5.41) is 0. The molecule has 0 amide bonds. The van der Waals surface area contributed by atoms with Crippen molar-refractivity contribution in [2.75, 3.05) is 18.8 Å². The van der Waals surface area contributed by atoms with Gasteiger partial charge in [-0.3, -0.25) is 4.90 Å². The lowest BCUT2D eigenvalue weighted by Crippen LogP contribution is -2.52. The fourth-order valence-electron chi connectivity index (χ4n) is 3.49. The quantitative estimate of drug-likeness (QED) is 0.848. The Morgan fingerprint density at radius 2 is 1.50 bits per heavy atom. The Morgan fingerprint density at radius 3 is 2.04 bits per heavy atom. The Labute approximate surface area is 145 Å². The normalized spacial score (nSPS) is 18.3. The molecule has 0 aliphatic carbocycles. The van der Waals surface area contributed by atoms with E-state index in [0.29, 0.717) is 0 Å². The van der Waals surface area contributed by atoms with Crippen LogP contribution < -0.4 is 10.5 Å². The topological polar surface area (TPSA) is 38.5 Å². The molecule has 0 unspecified atom stereocenters. The molecule has 0 saturated carbocycles. The minimum atomic E-state index is -0.265. The van der Waals surface area contributed by atoms with Crippen LogP contribution in [0.1, 0.15) is 39.2 Å². The zero-order valence-corrected chi connectivity index (χ0v) is 15.0. The van der Waals surface area contributed by atoms with Crippen molar-refractivity contribution in [3.8, 4) is 5.75 Å². The second-order valence-electron chi connectivity index (χ2n) is 7.69. The van der Waals surface area contributed by atoms with E-state index in [1.807, 2.05) is 24.3 Å². The van der Waals surface area contributed by atoms with Crippen molar-refractivity contribution in [2.45, 2.75) is 44.8 Å². The van der Waals surface area contributed by atoms with Crippen LogP contribution in [0.25, 0.3) is 0 Å². The number of benzene rings is 2. The molecule has 1 aliphatic rings. The number of nitrogens with two attached hydrogens (primary N) is 1. The van der Waals surface area contributed by atoms with Crippen LogP contribution in [0.15, 0.2) is 54.6 Å². The van der Waals surface area contributed by atoms with Crippen molar-refractivity contribution >= 4 is 5.69 Å². The van der Waals surface area contributed by atoms with E-state index >= 15 is 0 Å². The molecule has 1 saturated heterocycles. The number of hydrogen-bond acceptors (Lipinski definition) is 3. The van der Waals surface area contributed by atoms with Gasteiger partial charge in [-0.1, -0.05) is 30.3 Å². The number of likely N-dealkylation sites (tertiary alicyclic amines) is 1. The fourth-order valence-corrected chi connectivity index (χ4v) is 3.49. The van der Waals surface area contributed by atoms with E-state index in [4.69, 9.17) is 10.5 Å². The lowest BCUT2D eigenvalue weighted by Gasteiger charge is -2.46. The van der Waals surface area contributed by atoms with Crippen LogP contribution in [0, 0.1) is 0 Å². The molecule has 0 bridgehead atoms. The molecule has 1 aliphatic heterocycles. The molecule has 2 aromatic rings. The molecule has 0 spiro atoms. The smallest absolute Gasteiger partial charge is 0.136 e. The van der Waals surface area contributed by atoms with Crippen LogP contribution in [-0.4, -0.2) is 23.5 Å². The first kappa shape index (κ1) is 16.8. The van der Waals surface area contributed by atoms with Gasteiger partial charge in [0.2, 0.25) is 0 Å².